The van der Waals surface area contributed by atoms with Gasteiger partial charge in [0.15, 0.2) is 11.5 Å². The van der Waals surface area contributed by atoms with E-state index < -0.39 is 0 Å². The van der Waals surface area contributed by atoms with E-state index in [-0.39, 0.29) is 12.0 Å². The molecule has 172 valence electrons. The van der Waals surface area contributed by atoms with Crippen molar-refractivity contribution < 1.29 is 19.4 Å². The van der Waals surface area contributed by atoms with Gasteiger partial charge in [-0.15, -0.1) is 0 Å². The lowest BCUT2D eigenvalue weighted by molar-refractivity contribution is 0.138. The van der Waals surface area contributed by atoms with Crippen molar-refractivity contribution in [2.45, 2.75) is 44.6 Å². The molecule has 4 rings (SSSR count). The van der Waals surface area contributed by atoms with Crippen molar-refractivity contribution in [1.82, 2.24) is 4.90 Å². The summed E-state index contributed by atoms with van der Waals surface area (Å²) in [7, 11) is 5.04. The maximum Gasteiger partial charge on any atom is 0.161 e. The molecule has 0 amide bonds. The number of unbranched alkanes of at least 4 members (excludes halogenated alkanes) is 1. The van der Waals surface area contributed by atoms with Gasteiger partial charge in [-0.3, -0.25) is 4.90 Å². The topological polar surface area (TPSA) is 63.5 Å². The highest BCUT2D eigenvalue weighted by Crippen LogP contribution is 2.48. The summed E-state index contributed by atoms with van der Waals surface area (Å²) in [5.74, 6) is 2.85. The quantitative estimate of drug-likeness (QED) is 0.473. The van der Waals surface area contributed by atoms with Crippen LogP contribution in [0.25, 0.3) is 0 Å². The molecule has 0 bridgehead atoms. The van der Waals surface area contributed by atoms with Gasteiger partial charge < -0.3 is 19.4 Å². The summed E-state index contributed by atoms with van der Waals surface area (Å²) in [6.07, 6.45) is 4.09. The maximum atomic E-state index is 9.77. The highest BCUT2D eigenvalue weighted by molar-refractivity contribution is 5.88. The third kappa shape index (κ3) is 4.16. The Bertz CT molecular complexity index is 957. The molecule has 0 aromatic heterocycles. The fraction of sp³-hybridized carbons (Fsp3) is 0.500. The number of hydrogen-bond donors (Lipinski definition) is 1. The van der Waals surface area contributed by atoms with Crippen molar-refractivity contribution in [1.29, 1.82) is 0 Å². The van der Waals surface area contributed by atoms with Crippen molar-refractivity contribution >= 4 is 5.71 Å². The molecule has 6 heteroatoms. The number of benzene rings is 2. The number of rotatable bonds is 7. The molecule has 2 aromatic rings. The summed E-state index contributed by atoms with van der Waals surface area (Å²) in [6, 6.07) is 12.8. The van der Waals surface area contributed by atoms with Crippen LogP contribution < -0.4 is 14.2 Å². The van der Waals surface area contributed by atoms with Gasteiger partial charge in [0.2, 0.25) is 0 Å². The van der Waals surface area contributed by atoms with Crippen molar-refractivity contribution in [3.05, 3.63) is 53.1 Å². The van der Waals surface area contributed by atoms with Gasteiger partial charge in [-0.25, -0.2) is 0 Å². The molecular formula is C26H34N2O4. The zero-order valence-corrected chi connectivity index (χ0v) is 19.5. The predicted molar refractivity (Wildman–Crippen MR) is 126 cm³/mol. The van der Waals surface area contributed by atoms with Crippen LogP contribution in [0.4, 0.5) is 0 Å². The first-order chi connectivity index (χ1) is 15.6. The Hall–Kier alpha value is -2.73. The molecule has 3 unspecified atom stereocenters. The third-order valence-corrected chi connectivity index (χ3v) is 7.06. The molecule has 2 aliphatic rings. The van der Waals surface area contributed by atoms with E-state index in [1.165, 1.54) is 16.7 Å². The lowest BCUT2D eigenvalue weighted by Gasteiger charge is -2.46. The van der Waals surface area contributed by atoms with Crippen molar-refractivity contribution in [3.63, 3.8) is 0 Å². The second-order valence-electron chi connectivity index (χ2n) is 8.77. The van der Waals surface area contributed by atoms with Gasteiger partial charge in [-0.05, 0) is 47.4 Å². The standard InChI is InChI=1S/C26H34N2O4/c1-5-6-7-18-15-28-16-22(17-8-10-19(30-2)11-9-17)20-12-25(31-3)26(32-4)13-21(20)24(28)14-23(18)27-29/h8-13,18,22,24,29H,5-7,14-16H2,1-4H3. The average molecular weight is 439 g/mol. The van der Waals surface area contributed by atoms with Crippen LogP contribution in [0, 0.1) is 5.92 Å². The summed E-state index contributed by atoms with van der Waals surface area (Å²) >= 11 is 0. The molecule has 1 N–H and O–H groups in total. The minimum absolute atomic E-state index is 0.170. The first-order valence-corrected chi connectivity index (χ1v) is 11.5. The number of hydrogen-bond acceptors (Lipinski definition) is 6. The number of methoxy groups -OCH3 is 3. The molecule has 32 heavy (non-hydrogen) atoms. The van der Waals surface area contributed by atoms with Gasteiger partial charge in [-0.2, -0.15) is 0 Å². The largest absolute Gasteiger partial charge is 0.497 e. The zero-order chi connectivity index (χ0) is 22.7. The van der Waals surface area contributed by atoms with Crippen molar-refractivity contribution in [2.24, 2.45) is 11.1 Å². The Kier molecular flexibility index (Phi) is 6.89. The summed E-state index contributed by atoms with van der Waals surface area (Å²) in [6.45, 7) is 4.03. The van der Waals surface area contributed by atoms with Gasteiger partial charge >= 0.3 is 0 Å². The van der Waals surface area contributed by atoms with Gasteiger partial charge in [0.05, 0.1) is 27.0 Å². The fourth-order valence-corrected chi connectivity index (χ4v) is 5.30. The van der Waals surface area contributed by atoms with E-state index >= 15 is 0 Å². The number of piperidine rings is 1. The lowest BCUT2D eigenvalue weighted by Crippen LogP contribution is -2.47. The number of oxime groups is 1. The molecular weight excluding hydrogens is 404 g/mol. The molecule has 6 nitrogen and oxygen atoms in total. The Morgan fingerprint density at radius 3 is 2.25 bits per heavy atom. The molecule has 3 atom stereocenters. The van der Waals surface area contributed by atoms with E-state index in [0.717, 1.165) is 61.7 Å². The SMILES string of the molecule is CCCCC1CN2CC(c3ccc(OC)cc3)c3cc(OC)c(OC)cc3C2CC1=NO. The van der Waals surface area contributed by atoms with Crippen LogP contribution in [0.1, 0.15) is 61.3 Å². The molecule has 0 saturated carbocycles. The van der Waals surface area contributed by atoms with Gasteiger partial charge in [0.1, 0.15) is 5.75 Å². The normalized spacial score (nSPS) is 24.0. The van der Waals surface area contributed by atoms with Crippen LogP contribution >= 0.6 is 0 Å². The summed E-state index contributed by atoms with van der Waals surface area (Å²) in [5, 5.41) is 13.5. The zero-order valence-electron chi connectivity index (χ0n) is 19.5. The first-order valence-electron chi connectivity index (χ1n) is 11.5. The Labute approximate surface area is 190 Å². The second-order valence-corrected chi connectivity index (χ2v) is 8.77. The van der Waals surface area contributed by atoms with Crippen LogP contribution in [0.3, 0.4) is 0 Å². The van der Waals surface area contributed by atoms with E-state index in [9.17, 15) is 5.21 Å². The predicted octanol–water partition coefficient (Wildman–Crippen LogP) is 5.24. The average Bonchev–Trinajstić information content (AvgIpc) is 2.85. The number of ether oxygens (including phenoxy) is 3. The number of fused-ring (bicyclic) bond motifs is 3. The molecule has 2 heterocycles. The molecule has 0 radical (unpaired) electrons. The lowest BCUT2D eigenvalue weighted by atomic mass is 9.75. The maximum absolute atomic E-state index is 9.77. The van der Waals surface area contributed by atoms with E-state index in [2.05, 4.69) is 41.2 Å². The molecule has 1 fully saturated rings. The molecule has 0 spiro atoms. The van der Waals surface area contributed by atoms with E-state index in [4.69, 9.17) is 14.2 Å². The second kappa shape index (κ2) is 9.82. The van der Waals surface area contributed by atoms with Crippen LogP contribution in [-0.2, 0) is 0 Å². The van der Waals surface area contributed by atoms with Gasteiger partial charge in [0.25, 0.3) is 0 Å². The molecule has 0 aliphatic carbocycles. The molecule has 2 aromatic carbocycles. The van der Waals surface area contributed by atoms with Crippen LogP contribution in [0.15, 0.2) is 41.6 Å². The summed E-state index contributed by atoms with van der Waals surface area (Å²) < 4.78 is 16.7. The van der Waals surface area contributed by atoms with Crippen molar-refractivity contribution in [3.8, 4) is 17.2 Å². The number of nitrogens with zero attached hydrogens (tertiary/aromatic N) is 2. The Morgan fingerprint density at radius 1 is 0.969 bits per heavy atom. The minimum atomic E-state index is 0.170. The highest BCUT2D eigenvalue weighted by Gasteiger charge is 2.41. The van der Waals surface area contributed by atoms with E-state index in [1.54, 1.807) is 21.3 Å². The van der Waals surface area contributed by atoms with E-state index in [1.807, 2.05) is 12.1 Å². The summed E-state index contributed by atoms with van der Waals surface area (Å²) in [5.41, 5.74) is 4.65. The Morgan fingerprint density at radius 2 is 1.66 bits per heavy atom. The minimum Gasteiger partial charge on any atom is -0.497 e. The molecule has 1 saturated heterocycles. The smallest absolute Gasteiger partial charge is 0.161 e. The van der Waals surface area contributed by atoms with Crippen molar-refractivity contribution in [2.75, 3.05) is 34.4 Å². The first kappa shape index (κ1) is 22.5. The van der Waals surface area contributed by atoms with Crippen LogP contribution in [0.5, 0.6) is 17.2 Å². The third-order valence-electron chi connectivity index (χ3n) is 7.06. The van der Waals surface area contributed by atoms with Gasteiger partial charge in [0, 0.05) is 37.4 Å². The monoisotopic (exact) mass is 438 g/mol. The van der Waals surface area contributed by atoms with Crippen LogP contribution in [-0.4, -0.2) is 50.2 Å². The highest BCUT2D eigenvalue weighted by atomic mass is 16.5. The van der Waals surface area contributed by atoms with Gasteiger partial charge in [-0.1, -0.05) is 37.1 Å². The Balaban J connectivity index is 1.78. The van der Waals surface area contributed by atoms with E-state index in [0.29, 0.717) is 5.92 Å². The molecule has 2 aliphatic heterocycles. The fourth-order valence-electron chi connectivity index (χ4n) is 5.30. The summed E-state index contributed by atoms with van der Waals surface area (Å²) in [4.78, 5) is 2.57. The van der Waals surface area contributed by atoms with Crippen LogP contribution in [0.2, 0.25) is 0 Å².